The fraction of sp³-hybridized carbons (Fsp3) is 0.538. The Balaban J connectivity index is 0.000000771. The van der Waals surface area contributed by atoms with E-state index in [9.17, 15) is 9.59 Å². The van der Waals surface area contributed by atoms with Gasteiger partial charge in [-0.3, -0.25) is 18.0 Å². The maximum atomic E-state index is 12.8. The van der Waals surface area contributed by atoms with Crippen LogP contribution in [0.5, 0.6) is 0 Å². The SMILES string of the molecule is CC1COCC(C)N1C(=O)C[n+]1ccc(-c2cc[n+](CC(=O)N3C(C)COCC3C)cc2)cc1.O=S(=O)([O-])[O-]. The van der Waals surface area contributed by atoms with Crippen LogP contribution in [0, 0.1) is 0 Å². The minimum Gasteiger partial charge on any atom is -0.759 e. The van der Waals surface area contributed by atoms with Gasteiger partial charge in [-0.2, -0.15) is 9.13 Å². The van der Waals surface area contributed by atoms with E-state index in [2.05, 4.69) is 0 Å². The zero-order valence-corrected chi connectivity index (χ0v) is 23.5. The molecule has 0 aromatic carbocycles. The second-order valence-electron chi connectivity index (χ2n) is 10.00. The molecule has 2 aromatic heterocycles. The van der Waals surface area contributed by atoms with Gasteiger partial charge in [-0.05, 0) is 38.8 Å². The molecule has 39 heavy (non-hydrogen) atoms. The first kappa shape index (κ1) is 30.6. The summed E-state index contributed by atoms with van der Waals surface area (Å²) in [5, 5.41) is 0. The summed E-state index contributed by atoms with van der Waals surface area (Å²) in [5.74, 6) is 0.214. The average Bonchev–Trinajstić information content (AvgIpc) is 2.84. The van der Waals surface area contributed by atoms with Crippen LogP contribution < -0.4 is 9.13 Å². The van der Waals surface area contributed by atoms with E-state index in [4.69, 9.17) is 27.0 Å². The first-order chi connectivity index (χ1) is 18.3. The van der Waals surface area contributed by atoms with Crippen molar-refractivity contribution in [3.8, 4) is 11.1 Å². The Hall–Kier alpha value is -2.97. The van der Waals surface area contributed by atoms with Crippen molar-refractivity contribution < 1.29 is 45.7 Å². The Bertz CT molecular complexity index is 1110. The van der Waals surface area contributed by atoms with Crippen LogP contribution in [0.1, 0.15) is 27.7 Å². The number of pyridine rings is 2. The van der Waals surface area contributed by atoms with E-state index in [1.54, 1.807) is 0 Å². The van der Waals surface area contributed by atoms with Gasteiger partial charge in [0.25, 0.3) is 11.8 Å². The standard InChI is InChI=1S/C26H36N4O4.H2O4S/c1-19-15-33-16-20(2)29(19)25(31)13-27-9-5-23(6-10-27)24-7-11-28(12-8-24)14-26(32)30-21(3)17-34-18-22(30)4;1-5(2,3)4/h5-12,19-22H,13-18H2,1-4H3;(H2,1,2,3,4)/q+2;/p-2. The molecule has 4 atom stereocenters. The van der Waals surface area contributed by atoms with Crippen LogP contribution in [0.3, 0.4) is 0 Å². The maximum Gasteiger partial charge on any atom is 0.289 e. The van der Waals surface area contributed by atoms with Crippen LogP contribution in [0.4, 0.5) is 0 Å². The fourth-order valence-corrected chi connectivity index (χ4v) is 4.98. The summed E-state index contributed by atoms with van der Waals surface area (Å²) >= 11 is 0. The molecule has 0 saturated carbocycles. The van der Waals surface area contributed by atoms with Crippen molar-refractivity contribution in [3.63, 3.8) is 0 Å². The number of morpholine rings is 2. The molecule has 4 rings (SSSR count). The highest BCUT2D eigenvalue weighted by Crippen LogP contribution is 2.17. The molecule has 0 bridgehead atoms. The molecular weight excluding hydrogens is 528 g/mol. The number of nitrogens with zero attached hydrogens (tertiary/aromatic N) is 4. The number of amides is 2. The third-order valence-corrected chi connectivity index (χ3v) is 6.66. The molecule has 0 spiro atoms. The topological polar surface area (TPSA) is 147 Å². The van der Waals surface area contributed by atoms with E-state index in [1.165, 1.54) is 0 Å². The number of hydrogen-bond acceptors (Lipinski definition) is 8. The lowest BCUT2D eigenvalue weighted by molar-refractivity contribution is -0.685. The Morgan fingerprint density at radius 2 is 0.974 bits per heavy atom. The van der Waals surface area contributed by atoms with Gasteiger partial charge in [0, 0.05) is 34.7 Å². The van der Waals surface area contributed by atoms with Crippen LogP contribution >= 0.6 is 0 Å². The van der Waals surface area contributed by atoms with Gasteiger partial charge in [-0.1, -0.05) is 0 Å². The second-order valence-corrected chi connectivity index (χ2v) is 10.8. The highest BCUT2D eigenvalue weighted by molar-refractivity contribution is 7.79. The van der Waals surface area contributed by atoms with Gasteiger partial charge in [-0.15, -0.1) is 0 Å². The quantitative estimate of drug-likeness (QED) is 0.277. The van der Waals surface area contributed by atoms with Gasteiger partial charge in [0.1, 0.15) is 0 Å². The van der Waals surface area contributed by atoms with Crippen molar-refractivity contribution in [1.29, 1.82) is 0 Å². The molecule has 0 N–H and O–H groups in total. The van der Waals surface area contributed by atoms with Gasteiger partial charge in [-0.25, -0.2) is 0 Å². The summed E-state index contributed by atoms with van der Waals surface area (Å²) in [4.78, 5) is 29.5. The summed E-state index contributed by atoms with van der Waals surface area (Å²) in [7, 11) is -5.17. The van der Waals surface area contributed by atoms with E-state index >= 15 is 0 Å². The van der Waals surface area contributed by atoms with Crippen LogP contribution in [0.15, 0.2) is 49.1 Å². The predicted octanol–water partition coefficient (Wildman–Crippen LogP) is -0.138. The van der Waals surface area contributed by atoms with Gasteiger partial charge in [0.15, 0.2) is 24.8 Å². The lowest BCUT2D eigenvalue weighted by Gasteiger charge is -2.38. The summed E-state index contributed by atoms with van der Waals surface area (Å²) < 4.78 is 49.0. The molecule has 13 heteroatoms. The molecule has 2 saturated heterocycles. The van der Waals surface area contributed by atoms with Crippen molar-refractivity contribution in [2.24, 2.45) is 0 Å². The van der Waals surface area contributed by atoms with E-state index in [0.717, 1.165) is 11.1 Å². The molecule has 2 aliphatic heterocycles. The highest BCUT2D eigenvalue weighted by Gasteiger charge is 2.32. The minimum atomic E-state index is -5.17. The third-order valence-electron chi connectivity index (χ3n) is 6.66. The van der Waals surface area contributed by atoms with E-state index < -0.39 is 10.4 Å². The molecule has 2 amide bonds. The number of carbonyl (C=O) groups excluding carboxylic acids is 2. The van der Waals surface area contributed by atoms with Crippen LogP contribution in [0.2, 0.25) is 0 Å². The summed E-state index contributed by atoms with van der Waals surface area (Å²) in [6.07, 6.45) is 7.76. The van der Waals surface area contributed by atoms with Crippen molar-refractivity contribution in [2.75, 3.05) is 26.4 Å². The molecule has 2 fully saturated rings. The molecular formula is C26H36N4O8S. The summed E-state index contributed by atoms with van der Waals surface area (Å²) in [5.41, 5.74) is 2.12. The van der Waals surface area contributed by atoms with Gasteiger partial charge >= 0.3 is 0 Å². The largest absolute Gasteiger partial charge is 0.759 e. The van der Waals surface area contributed by atoms with E-state index in [-0.39, 0.29) is 36.0 Å². The van der Waals surface area contributed by atoms with Gasteiger partial charge < -0.3 is 28.4 Å². The van der Waals surface area contributed by atoms with Crippen molar-refractivity contribution in [1.82, 2.24) is 9.80 Å². The van der Waals surface area contributed by atoms with Crippen LogP contribution in [-0.2, 0) is 42.6 Å². The molecule has 2 aliphatic rings. The monoisotopic (exact) mass is 564 g/mol. The molecule has 4 heterocycles. The van der Waals surface area contributed by atoms with E-state index in [0.29, 0.717) is 39.5 Å². The Kier molecular flexibility index (Phi) is 10.5. The number of hydrogen-bond donors (Lipinski definition) is 0. The molecule has 214 valence electrons. The third kappa shape index (κ3) is 9.04. The van der Waals surface area contributed by atoms with Crippen molar-refractivity contribution in [2.45, 2.75) is 65.0 Å². The van der Waals surface area contributed by atoms with E-state index in [1.807, 2.05) is 95.7 Å². The number of aromatic nitrogens is 2. The Morgan fingerprint density at radius 1 is 0.718 bits per heavy atom. The maximum absolute atomic E-state index is 12.8. The van der Waals surface area contributed by atoms with Gasteiger partial charge in [0.05, 0.1) is 50.6 Å². The van der Waals surface area contributed by atoms with Gasteiger partial charge in [0.2, 0.25) is 13.1 Å². The molecule has 12 nitrogen and oxygen atoms in total. The van der Waals surface area contributed by atoms with Crippen molar-refractivity contribution in [3.05, 3.63) is 49.1 Å². The second kappa shape index (κ2) is 13.4. The van der Waals surface area contributed by atoms with Crippen LogP contribution in [0.25, 0.3) is 11.1 Å². The lowest BCUT2D eigenvalue weighted by Crippen LogP contribution is -2.56. The summed E-state index contributed by atoms with van der Waals surface area (Å²) in [6.45, 7) is 11.1. The Morgan fingerprint density at radius 3 is 1.23 bits per heavy atom. The number of rotatable bonds is 5. The zero-order valence-electron chi connectivity index (χ0n) is 22.6. The minimum absolute atomic E-state index is 0.0914. The van der Waals surface area contributed by atoms with Crippen molar-refractivity contribution >= 4 is 22.2 Å². The number of ether oxygens (including phenoxy) is 2. The van der Waals surface area contributed by atoms with Crippen LogP contribution in [-0.4, -0.2) is 89.7 Å². The first-order valence-corrected chi connectivity index (χ1v) is 14.1. The smallest absolute Gasteiger partial charge is 0.289 e. The molecule has 0 radical (unpaired) electrons. The molecule has 0 aliphatic carbocycles. The Labute approximate surface area is 229 Å². The zero-order chi connectivity index (χ0) is 28.7. The molecule has 4 unspecified atom stereocenters. The highest BCUT2D eigenvalue weighted by atomic mass is 32.3. The molecule has 2 aromatic rings. The lowest BCUT2D eigenvalue weighted by atomic mass is 10.1. The normalized spacial score (nSPS) is 23.5. The number of carbonyl (C=O) groups is 2. The fourth-order valence-electron chi connectivity index (χ4n) is 4.98. The summed E-state index contributed by atoms with van der Waals surface area (Å²) in [6, 6.07) is 8.43. The predicted molar refractivity (Wildman–Crippen MR) is 136 cm³/mol. The first-order valence-electron chi connectivity index (χ1n) is 12.8. The average molecular weight is 565 g/mol.